The highest BCUT2D eigenvalue weighted by Gasteiger charge is 2.16. The maximum Gasteiger partial charge on any atom is 0.0236 e. The molecule has 0 radical (unpaired) electrons. The Labute approximate surface area is 124 Å². The summed E-state index contributed by atoms with van der Waals surface area (Å²) in [6.45, 7) is 10.5. The summed E-state index contributed by atoms with van der Waals surface area (Å²) >= 11 is 0. The lowest BCUT2D eigenvalue weighted by Crippen LogP contribution is -2.32. The van der Waals surface area contributed by atoms with Crippen LogP contribution >= 0.6 is 0 Å². The smallest absolute Gasteiger partial charge is 0.0236 e. The molecular weight excluding hydrogens is 244 g/mol. The van der Waals surface area contributed by atoms with Crippen molar-refractivity contribution >= 4 is 0 Å². The van der Waals surface area contributed by atoms with Gasteiger partial charge in [0.25, 0.3) is 0 Å². The molecular formula is C18H30N2. The summed E-state index contributed by atoms with van der Waals surface area (Å²) in [4.78, 5) is 2.62. The van der Waals surface area contributed by atoms with Crippen LogP contribution in [0.3, 0.4) is 0 Å². The van der Waals surface area contributed by atoms with E-state index in [1.807, 2.05) is 0 Å². The minimum absolute atomic E-state index is 0.916. The predicted octanol–water partition coefficient (Wildman–Crippen LogP) is 3.46. The fraction of sp³-hybridized carbons (Fsp3) is 0.667. The summed E-state index contributed by atoms with van der Waals surface area (Å²) in [6.07, 6.45) is 5.09. The molecule has 0 bridgehead atoms. The average Bonchev–Trinajstić information content (AvgIpc) is 2.47. The van der Waals surface area contributed by atoms with Crippen molar-refractivity contribution in [2.45, 2.75) is 46.1 Å². The first-order valence-corrected chi connectivity index (χ1v) is 8.29. The van der Waals surface area contributed by atoms with Crippen molar-refractivity contribution in [2.75, 3.05) is 26.2 Å². The highest BCUT2D eigenvalue weighted by Crippen LogP contribution is 2.19. The highest BCUT2D eigenvalue weighted by molar-refractivity contribution is 5.27. The molecule has 20 heavy (non-hydrogen) atoms. The zero-order chi connectivity index (χ0) is 14.2. The first-order valence-electron chi connectivity index (χ1n) is 8.29. The van der Waals surface area contributed by atoms with Gasteiger partial charge in [0, 0.05) is 6.54 Å². The molecule has 1 aliphatic rings. The lowest BCUT2D eigenvalue weighted by molar-refractivity contribution is 0.185. The molecule has 0 saturated carbocycles. The van der Waals surface area contributed by atoms with Crippen molar-refractivity contribution in [3.8, 4) is 0 Å². The Morgan fingerprint density at radius 3 is 2.50 bits per heavy atom. The van der Waals surface area contributed by atoms with Crippen molar-refractivity contribution in [1.29, 1.82) is 0 Å². The first kappa shape index (κ1) is 15.5. The lowest BCUT2D eigenvalue weighted by atomic mass is 9.97. The summed E-state index contributed by atoms with van der Waals surface area (Å²) in [7, 11) is 0. The van der Waals surface area contributed by atoms with Gasteiger partial charge in [-0.3, -0.25) is 4.90 Å². The van der Waals surface area contributed by atoms with E-state index in [0.29, 0.717) is 0 Å². The molecule has 0 amide bonds. The monoisotopic (exact) mass is 274 g/mol. The maximum atomic E-state index is 3.51. The molecule has 1 aliphatic heterocycles. The van der Waals surface area contributed by atoms with E-state index in [2.05, 4.69) is 48.3 Å². The van der Waals surface area contributed by atoms with Crippen LogP contribution in [-0.2, 0) is 13.0 Å². The quantitative estimate of drug-likeness (QED) is 0.766. The van der Waals surface area contributed by atoms with E-state index >= 15 is 0 Å². The van der Waals surface area contributed by atoms with Crippen LogP contribution in [0.1, 0.15) is 44.2 Å². The van der Waals surface area contributed by atoms with Gasteiger partial charge >= 0.3 is 0 Å². The van der Waals surface area contributed by atoms with Gasteiger partial charge in [-0.2, -0.15) is 0 Å². The van der Waals surface area contributed by atoms with Crippen LogP contribution in [-0.4, -0.2) is 31.1 Å². The van der Waals surface area contributed by atoms with Crippen LogP contribution in [0.15, 0.2) is 24.3 Å². The number of likely N-dealkylation sites (tertiary alicyclic amines) is 1. The van der Waals surface area contributed by atoms with E-state index in [1.54, 1.807) is 0 Å². The number of benzene rings is 1. The molecule has 1 saturated heterocycles. The van der Waals surface area contributed by atoms with Crippen LogP contribution < -0.4 is 5.32 Å². The van der Waals surface area contributed by atoms with Gasteiger partial charge in [0.15, 0.2) is 0 Å². The second-order valence-corrected chi connectivity index (χ2v) is 6.23. The minimum atomic E-state index is 0.916. The second kappa shape index (κ2) is 8.43. The molecule has 2 heteroatoms. The Morgan fingerprint density at radius 2 is 1.80 bits per heavy atom. The topological polar surface area (TPSA) is 15.3 Å². The number of hydrogen-bond acceptors (Lipinski definition) is 2. The SMILES string of the molecule is CCCNCCc1ccccc1CN1CCC(C)CC1. The second-order valence-electron chi connectivity index (χ2n) is 6.23. The zero-order valence-electron chi connectivity index (χ0n) is 13.2. The van der Waals surface area contributed by atoms with Gasteiger partial charge in [0.1, 0.15) is 0 Å². The van der Waals surface area contributed by atoms with Gasteiger partial charge in [0.05, 0.1) is 0 Å². The van der Waals surface area contributed by atoms with E-state index in [1.165, 1.54) is 43.5 Å². The zero-order valence-corrected chi connectivity index (χ0v) is 13.2. The third-order valence-electron chi connectivity index (χ3n) is 4.39. The summed E-state index contributed by atoms with van der Waals surface area (Å²) in [5.74, 6) is 0.916. The fourth-order valence-corrected chi connectivity index (χ4v) is 2.94. The molecule has 1 N–H and O–H groups in total. The molecule has 0 aromatic heterocycles. The molecule has 1 heterocycles. The third-order valence-corrected chi connectivity index (χ3v) is 4.39. The number of nitrogens with zero attached hydrogens (tertiary/aromatic N) is 1. The van der Waals surface area contributed by atoms with Gasteiger partial charge in [-0.25, -0.2) is 0 Å². The van der Waals surface area contributed by atoms with Crippen LogP contribution in [0.2, 0.25) is 0 Å². The first-order chi connectivity index (χ1) is 9.79. The van der Waals surface area contributed by atoms with E-state index in [4.69, 9.17) is 0 Å². The summed E-state index contributed by atoms with van der Waals surface area (Å²) in [5.41, 5.74) is 3.05. The maximum absolute atomic E-state index is 3.51. The van der Waals surface area contributed by atoms with Gasteiger partial charge in [0.2, 0.25) is 0 Å². The molecule has 1 fully saturated rings. The predicted molar refractivity (Wildman–Crippen MR) is 87.0 cm³/mol. The van der Waals surface area contributed by atoms with E-state index in [9.17, 15) is 0 Å². The van der Waals surface area contributed by atoms with Crippen molar-refractivity contribution < 1.29 is 0 Å². The highest BCUT2D eigenvalue weighted by atomic mass is 15.1. The molecule has 112 valence electrons. The Bertz CT molecular complexity index is 381. The average molecular weight is 274 g/mol. The lowest BCUT2D eigenvalue weighted by Gasteiger charge is -2.30. The number of piperidine rings is 1. The van der Waals surface area contributed by atoms with E-state index in [0.717, 1.165) is 32.0 Å². The summed E-state index contributed by atoms with van der Waals surface area (Å²) < 4.78 is 0. The van der Waals surface area contributed by atoms with Crippen LogP contribution in [0.5, 0.6) is 0 Å². The Kier molecular flexibility index (Phi) is 6.55. The molecule has 0 unspecified atom stereocenters. The Balaban J connectivity index is 1.86. The minimum Gasteiger partial charge on any atom is -0.316 e. The number of nitrogens with one attached hydrogen (secondary N) is 1. The standard InChI is InChI=1S/C18H30N2/c1-3-11-19-12-8-17-6-4-5-7-18(17)15-20-13-9-16(2)10-14-20/h4-7,16,19H,3,8-15H2,1-2H3. The number of rotatable bonds is 7. The van der Waals surface area contributed by atoms with Crippen molar-refractivity contribution in [3.63, 3.8) is 0 Å². The largest absolute Gasteiger partial charge is 0.316 e. The fourth-order valence-electron chi connectivity index (χ4n) is 2.94. The van der Waals surface area contributed by atoms with Gasteiger partial charge in [-0.1, -0.05) is 38.1 Å². The van der Waals surface area contributed by atoms with Crippen molar-refractivity contribution in [3.05, 3.63) is 35.4 Å². The van der Waals surface area contributed by atoms with E-state index < -0.39 is 0 Å². The molecule has 0 spiro atoms. The third kappa shape index (κ3) is 4.92. The normalized spacial score (nSPS) is 17.5. The molecule has 2 rings (SSSR count). The van der Waals surface area contributed by atoms with Crippen LogP contribution in [0.25, 0.3) is 0 Å². The molecule has 1 aromatic carbocycles. The molecule has 1 aromatic rings. The van der Waals surface area contributed by atoms with E-state index in [-0.39, 0.29) is 0 Å². The van der Waals surface area contributed by atoms with Crippen molar-refractivity contribution in [2.24, 2.45) is 5.92 Å². The van der Waals surface area contributed by atoms with Crippen molar-refractivity contribution in [1.82, 2.24) is 10.2 Å². The van der Waals surface area contributed by atoms with Crippen LogP contribution in [0, 0.1) is 5.92 Å². The summed E-state index contributed by atoms with van der Waals surface area (Å²) in [6, 6.07) is 8.98. The summed E-state index contributed by atoms with van der Waals surface area (Å²) in [5, 5.41) is 3.51. The van der Waals surface area contributed by atoms with Gasteiger partial charge in [-0.05, 0) is 68.9 Å². The molecule has 0 aliphatic carbocycles. The molecule has 0 atom stereocenters. The van der Waals surface area contributed by atoms with Gasteiger partial charge < -0.3 is 5.32 Å². The Morgan fingerprint density at radius 1 is 1.10 bits per heavy atom. The van der Waals surface area contributed by atoms with Gasteiger partial charge in [-0.15, -0.1) is 0 Å². The van der Waals surface area contributed by atoms with Crippen LogP contribution in [0.4, 0.5) is 0 Å². The molecule has 2 nitrogen and oxygen atoms in total. The number of hydrogen-bond donors (Lipinski definition) is 1. The Hall–Kier alpha value is -0.860.